The molecule has 1 atom stereocenters. The van der Waals surface area contributed by atoms with Gasteiger partial charge in [-0.05, 0) is 36.6 Å². The van der Waals surface area contributed by atoms with Crippen LogP contribution in [0.25, 0.3) is 0 Å². The van der Waals surface area contributed by atoms with Gasteiger partial charge in [-0.3, -0.25) is 9.79 Å². The number of hydrogen-bond donors (Lipinski definition) is 4. The van der Waals surface area contributed by atoms with E-state index in [9.17, 15) is 9.90 Å². The van der Waals surface area contributed by atoms with Crippen molar-refractivity contribution in [2.75, 3.05) is 33.3 Å². The molecule has 0 aromatic heterocycles. The van der Waals surface area contributed by atoms with Crippen molar-refractivity contribution in [2.45, 2.75) is 33.8 Å². The third-order valence-corrected chi connectivity index (χ3v) is 3.84. The standard InChI is InChI=1S/C19H32N4O3.HI/c1-6-20-18(23-13-16(26-5)19(2,3)4)22-12-11-21-17(25)14-7-9-15(24)10-8-14;/h7-10,16,24H,6,11-13H2,1-5H3,(H,21,25)(H2,20,22,23);1H. The summed E-state index contributed by atoms with van der Waals surface area (Å²) in [6.07, 6.45) is 0.0205. The van der Waals surface area contributed by atoms with Crippen LogP contribution in [0.5, 0.6) is 5.75 Å². The van der Waals surface area contributed by atoms with Crippen LogP contribution in [0.2, 0.25) is 0 Å². The first-order valence-corrected chi connectivity index (χ1v) is 8.90. The molecule has 154 valence electrons. The van der Waals surface area contributed by atoms with Gasteiger partial charge in [-0.2, -0.15) is 0 Å². The van der Waals surface area contributed by atoms with Gasteiger partial charge in [0.1, 0.15) is 5.75 Å². The third kappa shape index (κ3) is 9.81. The summed E-state index contributed by atoms with van der Waals surface area (Å²) in [5, 5.41) is 18.5. The highest BCUT2D eigenvalue weighted by Gasteiger charge is 2.24. The Morgan fingerprint density at radius 3 is 2.26 bits per heavy atom. The number of nitrogens with one attached hydrogen (secondary N) is 3. The van der Waals surface area contributed by atoms with Crippen molar-refractivity contribution < 1.29 is 14.6 Å². The number of aromatic hydroxyl groups is 1. The van der Waals surface area contributed by atoms with Crippen LogP contribution in [-0.4, -0.2) is 56.4 Å². The van der Waals surface area contributed by atoms with Crippen molar-refractivity contribution >= 4 is 35.8 Å². The van der Waals surface area contributed by atoms with Crippen LogP contribution in [0.4, 0.5) is 0 Å². The van der Waals surface area contributed by atoms with Crippen LogP contribution in [0.3, 0.4) is 0 Å². The van der Waals surface area contributed by atoms with E-state index in [1.54, 1.807) is 19.2 Å². The van der Waals surface area contributed by atoms with Crippen molar-refractivity contribution in [3.05, 3.63) is 29.8 Å². The fraction of sp³-hybridized carbons (Fsp3) is 0.579. The predicted molar refractivity (Wildman–Crippen MR) is 120 cm³/mol. The highest BCUT2D eigenvalue weighted by molar-refractivity contribution is 14.0. The van der Waals surface area contributed by atoms with Gasteiger partial charge in [0.15, 0.2) is 5.96 Å². The Hall–Kier alpha value is -1.55. The number of carbonyl (C=O) groups is 1. The van der Waals surface area contributed by atoms with E-state index in [-0.39, 0.29) is 47.2 Å². The van der Waals surface area contributed by atoms with Crippen molar-refractivity contribution in [2.24, 2.45) is 10.4 Å². The molecule has 8 heteroatoms. The summed E-state index contributed by atoms with van der Waals surface area (Å²) in [5.41, 5.74) is 0.518. The van der Waals surface area contributed by atoms with Crippen LogP contribution < -0.4 is 16.0 Å². The van der Waals surface area contributed by atoms with Gasteiger partial charge in [0.05, 0.1) is 12.6 Å². The summed E-state index contributed by atoms with van der Waals surface area (Å²) in [6, 6.07) is 6.15. The monoisotopic (exact) mass is 492 g/mol. The van der Waals surface area contributed by atoms with E-state index < -0.39 is 0 Å². The minimum absolute atomic E-state index is 0. The largest absolute Gasteiger partial charge is 0.508 e. The number of nitrogens with zero attached hydrogens (tertiary/aromatic N) is 1. The molecule has 0 heterocycles. The molecule has 1 aromatic carbocycles. The fourth-order valence-corrected chi connectivity index (χ4v) is 2.29. The highest BCUT2D eigenvalue weighted by Crippen LogP contribution is 2.21. The zero-order chi connectivity index (χ0) is 19.6. The van der Waals surface area contributed by atoms with Crippen LogP contribution >= 0.6 is 24.0 Å². The molecule has 1 amide bonds. The summed E-state index contributed by atoms with van der Waals surface area (Å²) in [6.45, 7) is 10.7. The van der Waals surface area contributed by atoms with E-state index in [2.05, 4.69) is 41.7 Å². The first-order chi connectivity index (χ1) is 12.3. The summed E-state index contributed by atoms with van der Waals surface area (Å²) in [5.74, 6) is 0.651. The van der Waals surface area contributed by atoms with Crippen LogP contribution in [0.1, 0.15) is 38.1 Å². The second kappa shape index (κ2) is 12.8. The Morgan fingerprint density at radius 2 is 1.74 bits per heavy atom. The molecular formula is C19H33IN4O3. The second-order valence-corrected chi connectivity index (χ2v) is 7.04. The second-order valence-electron chi connectivity index (χ2n) is 7.04. The molecule has 0 aliphatic carbocycles. The lowest BCUT2D eigenvalue weighted by Gasteiger charge is -2.28. The molecule has 0 fully saturated rings. The van der Waals surface area contributed by atoms with Crippen LogP contribution in [0.15, 0.2) is 29.3 Å². The lowest BCUT2D eigenvalue weighted by Crippen LogP contribution is -2.42. The molecule has 0 radical (unpaired) electrons. The maximum Gasteiger partial charge on any atom is 0.251 e. The van der Waals surface area contributed by atoms with Gasteiger partial charge in [-0.15, -0.1) is 24.0 Å². The van der Waals surface area contributed by atoms with Gasteiger partial charge in [0.2, 0.25) is 0 Å². The number of halogens is 1. The Bertz CT molecular complexity index is 586. The van der Waals surface area contributed by atoms with Crippen LogP contribution in [-0.2, 0) is 4.74 Å². The maximum absolute atomic E-state index is 12.0. The Labute approximate surface area is 179 Å². The lowest BCUT2D eigenvalue weighted by molar-refractivity contribution is 0.0241. The Balaban J connectivity index is 0.00000676. The molecule has 0 bridgehead atoms. The number of hydrogen-bond acceptors (Lipinski definition) is 4. The van der Waals surface area contributed by atoms with E-state index >= 15 is 0 Å². The number of phenols is 1. The molecule has 1 rings (SSSR count). The molecule has 0 aliphatic rings. The normalized spacial score (nSPS) is 12.7. The highest BCUT2D eigenvalue weighted by atomic mass is 127. The van der Waals surface area contributed by atoms with Gasteiger partial charge in [-0.25, -0.2) is 0 Å². The minimum atomic E-state index is -0.180. The summed E-state index contributed by atoms with van der Waals surface area (Å²) >= 11 is 0. The smallest absolute Gasteiger partial charge is 0.251 e. The number of rotatable bonds is 8. The SMILES string of the molecule is CCNC(=NCC(OC)C(C)(C)C)NCCNC(=O)c1ccc(O)cc1.I. The first-order valence-electron chi connectivity index (χ1n) is 8.90. The summed E-state index contributed by atoms with van der Waals surface area (Å²) in [7, 11) is 1.70. The molecule has 4 N–H and O–H groups in total. The van der Waals surface area contributed by atoms with Gasteiger partial charge in [0, 0.05) is 32.3 Å². The van der Waals surface area contributed by atoms with E-state index in [4.69, 9.17) is 4.74 Å². The summed E-state index contributed by atoms with van der Waals surface area (Å²) in [4.78, 5) is 16.6. The molecule has 7 nitrogen and oxygen atoms in total. The average molecular weight is 492 g/mol. The van der Waals surface area contributed by atoms with Crippen molar-refractivity contribution in [3.8, 4) is 5.75 Å². The molecule has 0 aliphatic heterocycles. The van der Waals surface area contributed by atoms with Gasteiger partial charge < -0.3 is 25.8 Å². The topological polar surface area (TPSA) is 95.0 Å². The Kier molecular flexibility index (Phi) is 12.0. The number of carbonyl (C=O) groups excluding carboxylic acids is 1. The number of guanidine groups is 1. The van der Waals surface area contributed by atoms with E-state index in [1.165, 1.54) is 12.1 Å². The zero-order valence-electron chi connectivity index (χ0n) is 16.8. The number of benzene rings is 1. The zero-order valence-corrected chi connectivity index (χ0v) is 19.2. The quantitative estimate of drug-likeness (QED) is 0.194. The van der Waals surface area contributed by atoms with Gasteiger partial charge >= 0.3 is 0 Å². The van der Waals surface area contributed by atoms with Gasteiger partial charge in [0.25, 0.3) is 5.91 Å². The fourth-order valence-electron chi connectivity index (χ4n) is 2.29. The number of ether oxygens (including phenoxy) is 1. The first kappa shape index (κ1) is 25.4. The minimum Gasteiger partial charge on any atom is -0.508 e. The van der Waals surface area contributed by atoms with Crippen molar-refractivity contribution in [1.29, 1.82) is 0 Å². The molecule has 0 saturated heterocycles. The molecular weight excluding hydrogens is 459 g/mol. The lowest BCUT2D eigenvalue weighted by atomic mass is 9.89. The number of aliphatic imine (C=N–C) groups is 1. The van der Waals surface area contributed by atoms with E-state index in [1.807, 2.05) is 6.92 Å². The third-order valence-electron chi connectivity index (χ3n) is 3.84. The van der Waals surface area contributed by atoms with E-state index in [0.717, 1.165) is 6.54 Å². The molecule has 27 heavy (non-hydrogen) atoms. The van der Waals surface area contributed by atoms with Crippen LogP contribution in [0, 0.1) is 5.41 Å². The van der Waals surface area contributed by atoms with E-state index in [0.29, 0.717) is 31.2 Å². The van der Waals surface area contributed by atoms with Crippen molar-refractivity contribution in [3.63, 3.8) is 0 Å². The average Bonchev–Trinajstić information content (AvgIpc) is 2.58. The number of methoxy groups -OCH3 is 1. The number of amides is 1. The molecule has 1 unspecified atom stereocenters. The predicted octanol–water partition coefficient (Wildman–Crippen LogP) is 2.36. The molecule has 0 saturated carbocycles. The Morgan fingerprint density at radius 1 is 1.15 bits per heavy atom. The van der Waals surface area contributed by atoms with Crippen molar-refractivity contribution in [1.82, 2.24) is 16.0 Å². The summed E-state index contributed by atoms with van der Waals surface area (Å²) < 4.78 is 5.52. The van der Waals surface area contributed by atoms with Gasteiger partial charge in [-0.1, -0.05) is 20.8 Å². The number of phenolic OH excluding ortho intramolecular Hbond substituents is 1. The molecule has 1 aromatic rings. The maximum atomic E-state index is 12.0. The molecule has 0 spiro atoms.